The lowest BCUT2D eigenvalue weighted by molar-refractivity contribution is 0.0528. The molecule has 3 aromatic rings. The van der Waals surface area contributed by atoms with Crippen molar-refractivity contribution in [1.82, 2.24) is 29.6 Å². The van der Waals surface area contributed by atoms with E-state index < -0.39 is 11.7 Å². The number of imidazole rings is 1. The molecule has 0 bridgehead atoms. The van der Waals surface area contributed by atoms with E-state index in [4.69, 9.17) is 9.47 Å². The number of amides is 1. The fourth-order valence-corrected chi connectivity index (χ4v) is 3.36. The largest absolute Gasteiger partial charge is 0.478 e. The van der Waals surface area contributed by atoms with Gasteiger partial charge >= 0.3 is 6.09 Å². The van der Waals surface area contributed by atoms with E-state index in [0.717, 1.165) is 10.9 Å². The van der Waals surface area contributed by atoms with Crippen LogP contribution in [0.25, 0.3) is 5.65 Å². The van der Waals surface area contributed by atoms with Crippen LogP contribution in [0.4, 0.5) is 16.2 Å². The standard InChI is InChI=1S/C18H25N7O3S/c1-11-8-19-14-12(9-20-16(29-7)24(11)14)25(22-17(26)28-18(2,3)4)13-10-23(5)21-15(13)27-6/h8-10H,1-7H3,(H,22,26). The average Bonchev–Trinajstić information content (AvgIpc) is 3.21. The van der Waals surface area contributed by atoms with Gasteiger partial charge in [-0.05, 0) is 34.0 Å². The fourth-order valence-electron chi connectivity index (χ4n) is 2.79. The Morgan fingerprint density at radius 1 is 1.24 bits per heavy atom. The lowest BCUT2D eigenvalue weighted by Gasteiger charge is -2.27. The number of aromatic nitrogens is 5. The summed E-state index contributed by atoms with van der Waals surface area (Å²) in [5.41, 5.74) is 4.73. The van der Waals surface area contributed by atoms with Crippen LogP contribution in [0.2, 0.25) is 0 Å². The van der Waals surface area contributed by atoms with Crippen molar-refractivity contribution >= 4 is 34.9 Å². The number of hydrogen-bond donors (Lipinski definition) is 1. The zero-order chi connectivity index (χ0) is 21.3. The molecule has 0 atom stereocenters. The van der Waals surface area contributed by atoms with Gasteiger partial charge < -0.3 is 9.47 Å². The summed E-state index contributed by atoms with van der Waals surface area (Å²) in [6, 6.07) is 0. The quantitative estimate of drug-likeness (QED) is 0.383. The number of rotatable bonds is 5. The number of nitrogens with one attached hydrogen (secondary N) is 1. The molecule has 0 aromatic carbocycles. The monoisotopic (exact) mass is 419 g/mol. The van der Waals surface area contributed by atoms with Gasteiger partial charge in [0.15, 0.2) is 10.8 Å². The summed E-state index contributed by atoms with van der Waals surface area (Å²) in [6.07, 6.45) is 6.45. The Balaban J connectivity index is 2.16. The van der Waals surface area contributed by atoms with Crippen LogP contribution >= 0.6 is 11.8 Å². The summed E-state index contributed by atoms with van der Waals surface area (Å²) in [7, 11) is 3.28. The third-order valence-corrected chi connectivity index (χ3v) is 4.55. The third kappa shape index (κ3) is 4.24. The number of methoxy groups -OCH3 is 1. The molecule has 0 unspecified atom stereocenters. The molecule has 10 nitrogen and oxygen atoms in total. The number of hydrazine groups is 1. The molecule has 1 amide bonds. The lowest BCUT2D eigenvalue weighted by Crippen LogP contribution is -2.42. The number of carbonyl (C=O) groups excluding carboxylic acids is 1. The summed E-state index contributed by atoms with van der Waals surface area (Å²) in [4.78, 5) is 21.7. The zero-order valence-corrected chi connectivity index (χ0v) is 18.4. The van der Waals surface area contributed by atoms with Crippen LogP contribution in [0.1, 0.15) is 26.5 Å². The summed E-state index contributed by atoms with van der Waals surface area (Å²) >= 11 is 1.51. The number of nitrogens with zero attached hydrogens (tertiary/aromatic N) is 6. The Kier molecular flexibility index (Phi) is 5.60. The molecule has 0 spiro atoms. The Morgan fingerprint density at radius 3 is 2.59 bits per heavy atom. The van der Waals surface area contributed by atoms with Gasteiger partial charge in [0.1, 0.15) is 17.0 Å². The van der Waals surface area contributed by atoms with Gasteiger partial charge in [-0.15, -0.1) is 5.10 Å². The molecular formula is C18H25N7O3S. The van der Waals surface area contributed by atoms with Gasteiger partial charge in [0, 0.05) is 18.9 Å². The number of carbonyl (C=O) groups is 1. The first-order valence-electron chi connectivity index (χ1n) is 8.89. The second kappa shape index (κ2) is 7.82. The van der Waals surface area contributed by atoms with E-state index in [1.807, 2.05) is 17.6 Å². The molecule has 3 rings (SSSR count). The molecule has 0 aliphatic rings. The lowest BCUT2D eigenvalue weighted by atomic mass is 10.2. The van der Waals surface area contributed by atoms with Crippen molar-refractivity contribution in [2.45, 2.75) is 38.5 Å². The second-order valence-corrected chi connectivity index (χ2v) is 8.11. The highest BCUT2D eigenvalue weighted by Crippen LogP contribution is 2.34. The highest BCUT2D eigenvalue weighted by Gasteiger charge is 2.26. The number of fused-ring (bicyclic) bond motifs is 1. The van der Waals surface area contributed by atoms with Gasteiger partial charge in [-0.3, -0.25) is 9.08 Å². The number of anilines is 2. The van der Waals surface area contributed by atoms with Gasteiger partial charge in [0.05, 0.1) is 19.5 Å². The van der Waals surface area contributed by atoms with E-state index in [-0.39, 0.29) is 0 Å². The third-order valence-electron chi connectivity index (χ3n) is 3.89. The van der Waals surface area contributed by atoms with Crippen molar-refractivity contribution in [1.29, 1.82) is 0 Å². The van der Waals surface area contributed by atoms with Crippen molar-refractivity contribution in [2.24, 2.45) is 7.05 Å². The number of hydrogen-bond acceptors (Lipinski definition) is 8. The normalized spacial score (nSPS) is 11.6. The highest BCUT2D eigenvalue weighted by molar-refractivity contribution is 7.98. The molecule has 0 aliphatic carbocycles. The number of ether oxygens (including phenoxy) is 2. The molecule has 1 N–H and O–H groups in total. The van der Waals surface area contributed by atoms with Crippen LogP contribution in [0, 0.1) is 6.92 Å². The van der Waals surface area contributed by atoms with Crippen LogP contribution in [0.3, 0.4) is 0 Å². The van der Waals surface area contributed by atoms with E-state index >= 15 is 0 Å². The van der Waals surface area contributed by atoms with E-state index in [1.165, 1.54) is 23.9 Å². The summed E-state index contributed by atoms with van der Waals surface area (Å²) in [5, 5.41) is 6.60. The zero-order valence-electron chi connectivity index (χ0n) is 17.5. The maximum Gasteiger partial charge on any atom is 0.426 e. The highest BCUT2D eigenvalue weighted by atomic mass is 32.2. The molecule has 0 saturated heterocycles. The molecular weight excluding hydrogens is 394 g/mol. The minimum absolute atomic E-state index is 0.332. The molecule has 0 saturated carbocycles. The Hall–Kier alpha value is -2.95. The first kappa shape index (κ1) is 20.8. The smallest absolute Gasteiger partial charge is 0.426 e. The van der Waals surface area contributed by atoms with Crippen molar-refractivity contribution < 1.29 is 14.3 Å². The molecule has 3 aromatic heterocycles. The summed E-state index contributed by atoms with van der Waals surface area (Å²) < 4.78 is 14.4. The number of aryl methyl sites for hydroxylation is 2. The van der Waals surface area contributed by atoms with Crippen LogP contribution in [0.5, 0.6) is 5.88 Å². The minimum Gasteiger partial charge on any atom is -0.478 e. The van der Waals surface area contributed by atoms with Crippen molar-refractivity contribution in [3.8, 4) is 5.88 Å². The number of thioether (sulfide) groups is 1. The maximum absolute atomic E-state index is 12.6. The van der Waals surface area contributed by atoms with Gasteiger partial charge in [-0.2, -0.15) is 0 Å². The summed E-state index contributed by atoms with van der Waals surface area (Å²) in [5.74, 6) is 0.332. The summed E-state index contributed by atoms with van der Waals surface area (Å²) in [6.45, 7) is 7.34. The van der Waals surface area contributed by atoms with Crippen molar-refractivity contribution in [3.05, 3.63) is 24.3 Å². The van der Waals surface area contributed by atoms with Gasteiger partial charge in [-0.1, -0.05) is 11.8 Å². The Bertz CT molecular complexity index is 1040. The first-order valence-corrected chi connectivity index (χ1v) is 10.1. The van der Waals surface area contributed by atoms with Crippen molar-refractivity contribution in [3.63, 3.8) is 0 Å². The minimum atomic E-state index is -0.658. The van der Waals surface area contributed by atoms with E-state index in [0.29, 0.717) is 22.9 Å². The molecule has 156 valence electrons. The van der Waals surface area contributed by atoms with Crippen LogP contribution in [-0.2, 0) is 11.8 Å². The Labute approximate surface area is 173 Å². The van der Waals surface area contributed by atoms with Crippen LogP contribution in [0.15, 0.2) is 23.7 Å². The topological polar surface area (TPSA) is 98.8 Å². The van der Waals surface area contributed by atoms with Gasteiger partial charge in [0.2, 0.25) is 0 Å². The Morgan fingerprint density at radius 2 is 1.97 bits per heavy atom. The SMILES string of the molecule is COc1nn(C)cc1N(NC(=O)OC(C)(C)C)c1cnc(SC)n2c(C)cnc12. The second-order valence-electron chi connectivity index (χ2n) is 7.34. The van der Waals surface area contributed by atoms with E-state index in [9.17, 15) is 4.79 Å². The van der Waals surface area contributed by atoms with Crippen LogP contribution < -0.4 is 15.2 Å². The van der Waals surface area contributed by atoms with Gasteiger partial charge in [-0.25, -0.2) is 25.2 Å². The van der Waals surface area contributed by atoms with E-state index in [2.05, 4.69) is 20.5 Å². The molecule has 0 fully saturated rings. The average molecular weight is 420 g/mol. The first-order chi connectivity index (χ1) is 13.6. The van der Waals surface area contributed by atoms with Crippen LogP contribution in [-0.4, -0.2) is 49.2 Å². The predicted octanol–water partition coefficient (Wildman–Crippen LogP) is 3.08. The predicted molar refractivity (Wildman–Crippen MR) is 111 cm³/mol. The molecule has 29 heavy (non-hydrogen) atoms. The maximum atomic E-state index is 12.6. The molecule has 0 radical (unpaired) electrons. The van der Waals surface area contributed by atoms with E-state index in [1.54, 1.807) is 51.1 Å². The molecule has 11 heteroatoms. The molecule has 3 heterocycles. The molecule has 0 aliphatic heterocycles. The van der Waals surface area contributed by atoms with Gasteiger partial charge in [0.25, 0.3) is 5.88 Å². The fraction of sp³-hybridized carbons (Fsp3) is 0.444. The van der Waals surface area contributed by atoms with Crippen molar-refractivity contribution in [2.75, 3.05) is 18.4 Å².